The van der Waals surface area contributed by atoms with Gasteiger partial charge in [-0.15, -0.1) is 0 Å². The van der Waals surface area contributed by atoms with Crippen molar-refractivity contribution in [2.75, 3.05) is 6.26 Å². The summed E-state index contributed by atoms with van der Waals surface area (Å²) in [6.45, 7) is 0. The van der Waals surface area contributed by atoms with E-state index in [1.165, 1.54) is 0 Å². The van der Waals surface area contributed by atoms with Crippen LogP contribution in [0.25, 0.3) is 5.57 Å². The lowest BCUT2D eigenvalue weighted by Crippen LogP contribution is -1.97. The fourth-order valence-corrected chi connectivity index (χ4v) is 1.18. The van der Waals surface area contributed by atoms with Crippen LogP contribution in [0.3, 0.4) is 0 Å². The van der Waals surface area contributed by atoms with Crippen LogP contribution in [0.2, 0.25) is 0 Å². The molecule has 0 aromatic heterocycles. The third-order valence-corrected chi connectivity index (χ3v) is 1.99. The van der Waals surface area contributed by atoms with E-state index >= 15 is 0 Å². The van der Waals surface area contributed by atoms with Gasteiger partial charge in [0, 0.05) is 0 Å². The van der Waals surface area contributed by atoms with E-state index in [-0.39, 0.29) is 5.57 Å². The second-order valence-corrected chi connectivity index (χ2v) is 4.41. The van der Waals surface area contributed by atoms with Crippen molar-refractivity contribution < 1.29 is 12.6 Å². The van der Waals surface area contributed by atoms with Crippen LogP contribution in [0, 0.1) is 11.3 Å². The predicted octanol–water partition coefficient (Wildman–Crippen LogP) is 1.53. The fourth-order valence-electron chi connectivity index (χ4n) is 0.912. The SMILES string of the molecule is CS(=O)(=O)OC=C(C#N)c1ccccc1. The van der Waals surface area contributed by atoms with Gasteiger partial charge in [-0.25, -0.2) is 0 Å². The van der Waals surface area contributed by atoms with Gasteiger partial charge in [-0.1, -0.05) is 30.3 Å². The third kappa shape index (κ3) is 3.83. The Morgan fingerprint density at radius 1 is 1.40 bits per heavy atom. The van der Waals surface area contributed by atoms with Gasteiger partial charge in [-0.05, 0) is 5.56 Å². The lowest BCUT2D eigenvalue weighted by atomic mass is 10.1. The number of allylic oxidation sites excluding steroid dienone is 1. The Labute approximate surface area is 88.5 Å². The molecule has 78 valence electrons. The highest BCUT2D eigenvalue weighted by Crippen LogP contribution is 2.13. The summed E-state index contributed by atoms with van der Waals surface area (Å²) in [5.74, 6) is 0. The Bertz CT molecular complexity index is 497. The first-order chi connectivity index (χ1) is 7.03. The van der Waals surface area contributed by atoms with Gasteiger partial charge in [-0.2, -0.15) is 13.7 Å². The van der Waals surface area contributed by atoms with Crippen molar-refractivity contribution in [2.24, 2.45) is 0 Å². The van der Waals surface area contributed by atoms with Crippen molar-refractivity contribution in [3.63, 3.8) is 0 Å². The normalized spacial score (nSPS) is 11.9. The van der Waals surface area contributed by atoms with E-state index in [1.807, 2.05) is 6.07 Å². The van der Waals surface area contributed by atoms with Crippen LogP contribution in [0.4, 0.5) is 0 Å². The molecule has 0 aliphatic carbocycles. The minimum absolute atomic E-state index is 0.168. The first kappa shape index (κ1) is 11.3. The zero-order valence-electron chi connectivity index (χ0n) is 8.04. The number of rotatable bonds is 3. The molecule has 0 N–H and O–H groups in total. The first-order valence-corrected chi connectivity index (χ1v) is 5.88. The maximum absolute atomic E-state index is 10.7. The highest BCUT2D eigenvalue weighted by atomic mass is 32.2. The summed E-state index contributed by atoms with van der Waals surface area (Å²) in [6, 6.07) is 10.6. The highest BCUT2D eigenvalue weighted by Gasteiger charge is 2.03. The molecule has 4 nitrogen and oxygen atoms in total. The van der Waals surface area contributed by atoms with Crippen molar-refractivity contribution in [1.82, 2.24) is 0 Å². The smallest absolute Gasteiger partial charge is 0.305 e. The summed E-state index contributed by atoms with van der Waals surface area (Å²) in [4.78, 5) is 0. The van der Waals surface area contributed by atoms with Gasteiger partial charge in [0.05, 0.1) is 11.8 Å². The Kier molecular flexibility index (Phi) is 3.47. The maximum atomic E-state index is 10.7. The number of nitriles is 1. The molecule has 0 aliphatic heterocycles. The Morgan fingerprint density at radius 2 is 2.00 bits per heavy atom. The minimum Gasteiger partial charge on any atom is -0.389 e. The van der Waals surface area contributed by atoms with E-state index in [0.29, 0.717) is 5.56 Å². The Balaban J connectivity index is 2.97. The summed E-state index contributed by atoms with van der Waals surface area (Å²) in [7, 11) is -3.56. The zero-order valence-corrected chi connectivity index (χ0v) is 8.86. The van der Waals surface area contributed by atoms with Crippen LogP contribution in [0.1, 0.15) is 5.56 Å². The van der Waals surface area contributed by atoms with E-state index < -0.39 is 10.1 Å². The van der Waals surface area contributed by atoms with E-state index in [4.69, 9.17) is 5.26 Å². The lowest BCUT2D eigenvalue weighted by molar-refractivity contribution is 0.451. The standard InChI is InChI=1S/C10H9NO3S/c1-15(12,13)14-8-10(7-11)9-5-3-2-4-6-9/h2-6,8H,1H3. The van der Waals surface area contributed by atoms with Gasteiger partial charge in [-0.3, -0.25) is 0 Å². The second kappa shape index (κ2) is 4.62. The van der Waals surface area contributed by atoms with Gasteiger partial charge in [0.25, 0.3) is 0 Å². The third-order valence-electron chi connectivity index (χ3n) is 1.55. The average molecular weight is 223 g/mol. The first-order valence-electron chi connectivity index (χ1n) is 4.07. The van der Waals surface area contributed by atoms with Gasteiger partial charge >= 0.3 is 10.1 Å². The largest absolute Gasteiger partial charge is 0.389 e. The summed E-state index contributed by atoms with van der Waals surface area (Å²) in [5.41, 5.74) is 0.782. The Morgan fingerprint density at radius 3 is 2.47 bits per heavy atom. The van der Waals surface area contributed by atoms with Crippen molar-refractivity contribution in [1.29, 1.82) is 5.26 Å². The molecule has 0 amide bonds. The van der Waals surface area contributed by atoms with Crippen molar-refractivity contribution in [2.45, 2.75) is 0 Å². The minimum atomic E-state index is -3.56. The van der Waals surface area contributed by atoms with Gasteiger partial charge in [0.1, 0.15) is 12.3 Å². The zero-order chi connectivity index (χ0) is 11.3. The molecular weight excluding hydrogens is 214 g/mol. The average Bonchev–Trinajstić information content (AvgIpc) is 2.19. The second-order valence-electron chi connectivity index (χ2n) is 2.81. The number of benzene rings is 1. The van der Waals surface area contributed by atoms with E-state index in [2.05, 4.69) is 4.18 Å². The van der Waals surface area contributed by atoms with Crippen molar-refractivity contribution >= 4 is 15.7 Å². The number of hydrogen-bond donors (Lipinski definition) is 0. The van der Waals surface area contributed by atoms with Crippen molar-refractivity contribution in [3.05, 3.63) is 42.2 Å². The quantitative estimate of drug-likeness (QED) is 0.442. The summed E-state index contributed by atoms with van der Waals surface area (Å²) < 4.78 is 25.8. The van der Waals surface area contributed by atoms with Crippen molar-refractivity contribution in [3.8, 4) is 6.07 Å². The Hall–Kier alpha value is -1.80. The monoisotopic (exact) mass is 223 g/mol. The summed E-state index contributed by atoms with van der Waals surface area (Å²) >= 11 is 0. The highest BCUT2D eigenvalue weighted by molar-refractivity contribution is 7.86. The molecule has 0 spiro atoms. The molecule has 0 fully saturated rings. The summed E-state index contributed by atoms with van der Waals surface area (Å²) in [6.07, 6.45) is 1.86. The van der Waals surface area contributed by atoms with E-state index in [9.17, 15) is 8.42 Å². The molecule has 1 aromatic carbocycles. The molecule has 0 heterocycles. The fraction of sp³-hybridized carbons (Fsp3) is 0.100. The van der Waals surface area contributed by atoms with Gasteiger partial charge in [0.15, 0.2) is 0 Å². The molecule has 0 saturated carbocycles. The molecular formula is C10H9NO3S. The molecule has 0 radical (unpaired) electrons. The molecule has 0 unspecified atom stereocenters. The molecule has 1 rings (SSSR count). The maximum Gasteiger partial charge on any atom is 0.305 e. The van der Waals surface area contributed by atoms with Gasteiger partial charge in [0.2, 0.25) is 0 Å². The molecule has 1 aromatic rings. The molecule has 0 atom stereocenters. The molecule has 5 heteroatoms. The topological polar surface area (TPSA) is 67.2 Å². The molecule has 0 aliphatic rings. The van der Waals surface area contributed by atoms with Gasteiger partial charge < -0.3 is 4.18 Å². The van der Waals surface area contributed by atoms with Crippen LogP contribution in [0.15, 0.2) is 36.6 Å². The molecule has 0 bridgehead atoms. The van der Waals surface area contributed by atoms with Crippen LogP contribution in [-0.4, -0.2) is 14.7 Å². The lowest BCUT2D eigenvalue weighted by Gasteiger charge is -1.99. The number of hydrogen-bond acceptors (Lipinski definition) is 4. The number of nitrogens with zero attached hydrogens (tertiary/aromatic N) is 1. The predicted molar refractivity (Wildman–Crippen MR) is 56.0 cm³/mol. The van der Waals surface area contributed by atoms with Crippen LogP contribution in [0.5, 0.6) is 0 Å². The van der Waals surface area contributed by atoms with E-state index in [1.54, 1.807) is 30.3 Å². The van der Waals surface area contributed by atoms with Crippen LogP contribution < -0.4 is 0 Å². The van der Waals surface area contributed by atoms with Crippen LogP contribution in [-0.2, 0) is 14.3 Å². The molecule has 0 saturated heterocycles. The molecule has 15 heavy (non-hydrogen) atoms. The van der Waals surface area contributed by atoms with E-state index in [0.717, 1.165) is 12.5 Å². The van der Waals surface area contributed by atoms with Crippen LogP contribution >= 0.6 is 0 Å². The summed E-state index contributed by atoms with van der Waals surface area (Å²) in [5, 5.41) is 8.78.